The summed E-state index contributed by atoms with van der Waals surface area (Å²) in [4.78, 5) is 24.3. The van der Waals surface area contributed by atoms with Crippen molar-refractivity contribution >= 4 is 17.3 Å². The van der Waals surface area contributed by atoms with E-state index >= 15 is 0 Å². The zero-order chi connectivity index (χ0) is 17.7. The van der Waals surface area contributed by atoms with Gasteiger partial charge in [-0.05, 0) is 19.9 Å². The average molecular weight is 330 g/mol. The van der Waals surface area contributed by atoms with E-state index in [-0.39, 0.29) is 29.2 Å². The number of amides is 1. The number of hydrogen-bond donors (Lipinski definition) is 1. The second-order valence-corrected chi connectivity index (χ2v) is 5.63. The van der Waals surface area contributed by atoms with E-state index in [0.29, 0.717) is 13.1 Å². The number of carbonyl (C=O) groups excluding carboxylic acids is 1. The van der Waals surface area contributed by atoms with Crippen molar-refractivity contribution in [2.24, 2.45) is 0 Å². The van der Waals surface area contributed by atoms with Gasteiger partial charge in [0.1, 0.15) is 11.6 Å². The van der Waals surface area contributed by atoms with Crippen molar-refractivity contribution in [3.63, 3.8) is 0 Å². The lowest BCUT2D eigenvalue weighted by Crippen LogP contribution is -2.43. The molecule has 0 bridgehead atoms. The zero-order valence-corrected chi connectivity index (χ0v) is 13.4. The minimum Gasteiger partial charge on any atom is -0.372 e. The van der Waals surface area contributed by atoms with Crippen LogP contribution < -0.4 is 5.32 Å². The number of benzene rings is 1. The first-order valence-corrected chi connectivity index (χ1v) is 7.46. The third-order valence-corrected chi connectivity index (χ3v) is 3.44. The number of rotatable bonds is 4. The van der Waals surface area contributed by atoms with Gasteiger partial charge in [0.25, 0.3) is 11.6 Å². The van der Waals surface area contributed by atoms with E-state index in [1.807, 2.05) is 24.8 Å². The van der Waals surface area contributed by atoms with Gasteiger partial charge in [0.05, 0.1) is 17.1 Å². The van der Waals surface area contributed by atoms with Crippen LogP contribution in [0.5, 0.6) is 0 Å². The summed E-state index contributed by atoms with van der Waals surface area (Å²) < 4.78 is 5.61. The van der Waals surface area contributed by atoms with Gasteiger partial charge < -0.3 is 15.0 Å². The van der Waals surface area contributed by atoms with Crippen LogP contribution in [-0.4, -0.2) is 41.0 Å². The summed E-state index contributed by atoms with van der Waals surface area (Å²) in [5, 5.41) is 22.5. The molecule has 0 radical (unpaired) electrons. The van der Waals surface area contributed by atoms with Gasteiger partial charge >= 0.3 is 0 Å². The molecular weight excluding hydrogens is 312 g/mol. The molecular formula is C16H18N4O4. The molecule has 1 aromatic carbocycles. The molecule has 1 fully saturated rings. The lowest BCUT2D eigenvalue weighted by atomic mass is 10.2. The normalized spacial score (nSPS) is 21.0. The Hall–Kier alpha value is -2.92. The van der Waals surface area contributed by atoms with Crippen LogP contribution in [0.4, 0.5) is 11.4 Å². The van der Waals surface area contributed by atoms with Crippen molar-refractivity contribution in [3.05, 3.63) is 46.2 Å². The third kappa shape index (κ3) is 4.54. The Morgan fingerprint density at radius 2 is 2.12 bits per heavy atom. The van der Waals surface area contributed by atoms with Crippen LogP contribution in [0.2, 0.25) is 0 Å². The van der Waals surface area contributed by atoms with E-state index in [1.54, 1.807) is 0 Å². The first-order valence-electron chi connectivity index (χ1n) is 7.46. The molecule has 1 amide bonds. The molecule has 1 saturated heterocycles. The van der Waals surface area contributed by atoms with Gasteiger partial charge in [-0.1, -0.05) is 6.07 Å². The summed E-state index contributed by atoms with van der Waals surface area (Å²) in [6.45, 7) is 5.01. The molecule has 2 rings (SSSR count). The van der Waals surface area contributed by atoms with Crippen LogP contribution in [0.3, 0.4) is 0 Å². The highest BCUT2D eigenvalue weighted by atomic mass is 16.6. The fourth-order valence-electron chi connectivity index (χ4n) is 2.54. The number of anilines is 1. The first-order chi connectivity index (χ1) is 11.4. The van der Waals surface area contributed by atoms with Crippen LogP contribution in [0.1, 0.15) is 13.8 Å². The maximum absolute atomic E-state index is 12.2. The number of nitro groups is 1. The standard InChI is InChI=1S/C16H18N4O4/c1-11-8-19(9-12(2)24-11)10-13(7-17)16(21)18-14-4-3-5-15(6-14)20(22)23/h3-6,10-12H,8-9H2,1-2H3,(H,18,21)/b13-10-. The number of nitriles is 1. The largest absolute Gasteiger partial charge is 0.372 e. The maximum atomic E-state index is 12.2. The Bertz CT molecular complexity index is 700. The molecule has 8 heteroatoms. The summed E-state index contributed by atoms with van der Waals surface area (Å²) in [7, 11) is 0. The van der Waals surface area contributed by atoms with Crippen molar-refractivity contribution in [1.82, 2.24) is 4.90 Å². The highest BCUT2D eigenvalue weighted by Gasteiger charge is 2.22. The molecule has 0 saturated carbocycles. The number of ether oxygens (including phenoxy) is 1. The van der Waals surface area contributed by atoms with Crippen LogP contribution in [0, 0.1) is 21.4 Å². The van der Waals surface area contributed by atoms with Gasteiger partial charge in [0, 0.05) is 37.1 Å². The SMILES string of the molecule is CC1CN(/C=C(/C#N)C(=O)Nc2cccc([N+](=O)[O-])c2)CC(C)O1. The van der Waals surface area contributed by atoms with Gasteiger partial charge in [0.2, 0.25) is 0 Å². The summed E-state index contributed by atoms with van der Waals surface area (Å²) in [6.07, 6.45) is 1.51. The third-order valence-electron chi connectivity index (χ3n) is 3.44. The highest BCUT2D eigenvalue weighted by Crippen LogP contribution is 2.18. The van der Waals surface area contributed by atoms with Crippen molar-refractivity contribution in [2.75, 3.05) is 18.4 Å². The average Bonchev–Trinajstić information content (AvgIpc) is 2.51. The highest BCUT2D eigenvalue weighted by molar-refractivity contribution is 6.06. The predicted octanol–water partition coefficient (Wildman–Crippen LogP) is 2.05. The molecule has 2 unspecified atom stereocenters. The summed E-state index contributed by atoms with van der Waals surface area (Å²) >= 11 is 0. The van der Waals surface area contributed by atoms with Crippen molar-refractivity contribution < 1.29 is 14.5 Å². The summed E-state index contributed by atoms with van der Waals surface area (Å²) in [5.41, 5.74) is 0.0629. The number of nitrogens with one attached hydrogen (secondary N) is 1. The molecule has 1 aliphatic heterocycles. The van der Waals surface area contributed by atoms with Gasteiger partial charge in [-0.2, -0.15) is 5.26 Å². The van der Waals surface area contributed by atoms with E-state index in [0.717, 1.165) is 0 Å². The minimum atomic E-state index is -0.607. The Kier molecular flexibility index (Phi) is 5.50. The number of nitro benzene ring substituents is 1. The quantitative estimate of drug-likeness (QED) is 0.392. The van der Waals surface area contributed by atoms with Crippen LogP contribution >= 0.6 is 0 Å². The first kappa shape index (κ1) is 17.4. The van der Waals surface area contributed by atoms with E-state index < -0.39 is 10.8 Å². The van der Waals surface area contributed by atoms with Crippen LogP contribution in [0.25, 0.3) is 0 Å². The smallest absolute Gasteiger partial charge is 0.271 e. The van der Waals surface area contributed by atoms with Crippen molar-refractivity contribution in [3.8, 4) is 6.07 Å². The number of non-ortho nitro benzene ring substituents is 1. The molecule has 2 atom stereocenters. The second kappa shape index (κ2) is 7.57. The lowest BCUT2D eigenvalue weighted by molar-refractivity contribution is -0.384. The molecule has 0 aliphatic carbocycles. The fraction of sp³-hybridized carbons (Fsp3) is 0.375. The van der Waals surface area contributed by atoms with Crippen molar-refractivity contribution in [2.45, 2.75) is 26.1 Å². The number of nitrogens with zero attached hydrogens (tertiary/aromatic N) is 3. The Labute approximate surface area is 139 Å². The minimum absolute atomic E-state index is 0.00442. The molecule has 126 valence electrons. The summed E-state index contributed by atoms with van der Waals surface area (Å²) in [5.74, 6) is -0.607. The maximum Gasteiger partial charge on any atom is 0.271 e. The lowest BCUT2D eigenvalue weighted by Gasteiger charge is -2.34. The van der Waals surface area contributed by atoms with Gasteiger partial charge in [-0.3, -0.25) is 14.9 Å². The fourth-order valence-corrected chi connectivity index (χ4v) is 2.54. The van der Waals surface area contributed by atoms with Crippen LogP contribution in [-0.2, 0) is 9.53 Å². The monoisotopic (exact) mass is 330 g/mol. The van der Waals surface area contributed by atoms with E-state index in [1.165, 1.54) is 30.5 Å². The predicted molar refractivity (Wildman–Crippen MR) is 87.0 cm³/mol. The van der Waals surface area contributed by atoms with Gasteiger partial charge in [-0.25, -0.2) is 0 Å². The summed E-state index contributed by atoms with van der Waals surface area (Å²) in [6, 6.07) is 7.43. The van der Waals surface area contributed by atoms with E-state index in [2.05, 4.69) is 5.32 Å². The number of hydrogen-bond acceptors (Lipinski definition) is 6. The van der Waals surface area contributed by atoms with Crippen LogP contribution in [0.15, 0.2) is 36.0 Å². The zero-order valence-electron chi connectivity index (χ0n) is 13.4. The molecule has 1 N–H and O–H groups in total. The number of carbonyl (C=O) groups is 1. The number of morpholine rings is 1. The van der Waals surface area contributed by atoms with Crippen molar-refractivity contribution in [1.29, 1.82) is 5.26 Å². The molecule has 1 heterocycles. The van der Waals surface area contributed by atoms with Gasteiger partial charge in [-0.15, -0.1) is 0 Å². The topological polar surface area (TPSA) is 109 Å². The van der Waals surface area contributed by atoms with E-state index in [9.17, 15) is 20.2 Å². The molecule has 8 nitrogen and oxygen atoms in total. The Balaban J connectivity index is 2.11. The molecule has 0 spiro atoms. The molecule has 0 aromatic heterocycles. The molecule has 1 aromatic rings. The molecule has 1 aliphatic rings. The van der Waals surface area contributed by atoms with Gasteiger partial charge in [0.15, 0.2) is 0 Å². The second-order valence-electron chi connectivity index (χ2n) is 5.63. The molecule has 24 heavy (non-hydrogen) atoms. The Morgan fingerprint density at radius 3 is 2.71 bits per heavy atom. The Morgan fingerprint density at radius 1 is 1.46 bits per heavy atom. The van der Waals surface area contributed by atoms with E-state index in [4.69, 9.17) is 4.74 Å².